The maximum atomic E-state index is 13.8. The van der Waals surface area contributed by atoms with Gasteiger partial charge in [-0.2, -0.15) is 0 Å². The van der Waals surface area contributed by atoms with E-state index in [2.05, 4.69) is 16.0 Å². The van der Waals surface area contributed by atoms with Crippen LogP contribution in [0.2, 0.25) is 0 Å². The third-order valence-corrected chi connectivity index (χ3v) is 8.07. The van der Waals surface area contributed by atoms with Crippen molar-refractivity contribution in [2.24, 2.45) is 5.92 Å². The SMILES string of the molecule is CNC(=O)[C@H](Cc1ccccc1)NC(=O)[C@H](CC(C)C)NC(CCN1C(=O)c2cc3cccc(OC)c3cc2C1=O)C(=O)OC(C)(C)C. The van der Waals surface area contributed by atoms with E-state index >= 15 is 0 Å². The Hall–Kier alpha value is -4.77. The first-order valence-corrected chi connectivity index (χ1v) is 16.2. The van der Waals surface area contributed by atoms with Crippen molar-refractivity contribution in [1.29, 1.82) is 0 Å². The van der Waals surface area contributed by atoms with E-state index < -0.39 is 47.4 Å². The van der Waals surface area contributed by atoms with Gasteiger partial charge in [0.1, 0.15) is 23.4 Å². The van der Waals surface area contributed by atoms with E-state index in [4.69, 9.17) is 9.47 Å². The molecule has 1 aliphatic heterocycles. The van der Waals surface area contributed by atoms with Gasteiger partial charge in [-0.1, -0.05) is 56.3 Å². The highest BCUT2D eigenvalue weighted by Crippen LogP contribution is 2.33. The molecule has 48 heavy (non-hydrogen) atoms. The van der Waals surface area contributed by atoms with Crippen molar-refractivity contribution in [3.8, 4) is 5.75 Å². The maximum Gasteiger partial charge on any atom is 0.323 e. The van der Waals surface area contributed by atoms with Crippen molar-refractivity contribution in [2.45, 2.75) is 77.6 Å². The lowest BCUT2D eigenvalue weighted by Gasteiger charge is -2.30. The molecular formula is C37H46N4O7. The van der Waals surface area contributed by atoms with Crippen molar-refractivity contribution in [3.05, 3.63) is 77.4 Å². The zero-order valence-electron chi connectivity index (χ0n) is 28.7. The molecule has 11 heteroatoms. The number of carbonyl (C=O) groups excluding carboxylic acids is 5. The van der Waals surface area contributed by atoms with Crippen LogP contribution in [0.15, 0.2) is 60.7 Å². The maximum absolute atomic E-state index is 13.8. The minimum Gasteiger partial charge on any atom is -0.496 e. The minimum absolute atomic E-state index is 0.00596. The summed E-state index contributed by atoms with van der Waals surface area (Å²) in [6, 6.07) is 15.3. The molecule has 0 radical (unpaired) electrons. The molecule has 0 aliphatic carbocycles. The predicted molar refractivity (Wildman–Crippen MR) is 183 cm³/mol. The van der Waals surface area contributed by atoms with Crippen molar-refractivity contribution in [1.82, 2.24) is 20.9 Å². The number of benzene rings is 3. The number of hydrogen-bond acceptors (Lipinski definition) is 8. The summed E-state index contributed by atoms with van der Waals surface area (Å²) >= 11 is 0. The molecule has 3 N–H and O–H groups in total. The Balaban J connectivity index is 1.57. The van der Waals surface area contributed by atoms with Gasteiger partial charge in [-0.05, 0) is 68.7 Å². The van der Waals surface area contributed by atoms with Crippen molar-refractivity contribution < 1.29 is 33.4 Å². The van der Waals surface area contributed by atoms with E-state index in [1.165, 1.54) is 7.05 Å². The number of rotatable bonds is 14. The molecule has 3 aromatic rings. The van der Waals surface area contributed by atoms with Crippen LogP contribution >= 0.6 is 0 Å². The summed E-state index contributed by atoms with van der Waals surface area (Å²) in [5.74, 6) is -1.74. The lowest BCUT2D eigenvalue weighted by molar-refractivity contribution is -0.158. The number of methoxy groups -OCH3 is 1. The number of fused-ring (bicyclic) bond motifs is 2. The van der Waals surface area contributed by atoms with Gasteiger partial charge in [-0.15, -0.1) is 0 Å². The minimum atomic E-state index is -1.05. The highest BCUT2D eigenvalue weighted by molar-refractivity contribution is 6.23. The van der Waals surface area contributed by atoms with Crippen LogP contribution in [0.25, 0.3) is 10.8 Å². The third-order valence-electron chi connectivity index (χ3n) is 8.07. The number of amides is 4. The third kappa shape index (κ3) is 8.77. The smallest absolute Gasteiger partial charge is 0.323 e. The first kappa shape index (κ1) is 36.1. The van der Waals surface area contributed by atoms with Crippen molar-refractivity contribution in [3.63, 3.8) is 0 Å². The second-order valence-corrected chi connectivity index (χ2v) is 13.4. The molecule has 0 spiro atoms. The number of ether oxygens (including phenoxy) is 2. The molecule has 0 saturated heterocycles. The lowest BCUT2D eigenvalue weighted by Crippen LogP contribution is -2.57. The Kier molecular flexibility index (Phi) is 11.6. The fraction of sp³-hybridized carbons (Fsp3) is 0.432. The summed E-state index contributed by atoms with van der Waals surface area (Å²) in [4.78, 5) is 68.3. The van der Waals surface area contributed by atoms with Gasteiger partial charge in [0.2, 0.25) is 11.8 Å². The van der Waals surface area contributed by atoms with Gasteiger partial charge >= 0.3 is 5.97 Å². The van der Waals surface area contributed by atoms with Crippen LogP contribution in [-0.4, -0.2) is 78.9 Å². The van der Waals surface area contributed by atoms with Gasteiger partial charge in [0.25, 0.3) is 11.8 Å². The molecule has 0 aromatic heterocycles. The van der Waals surface area contributed by atoms with E-state index in [-0.39, 0.29) is 42.3 Å². The van der Waals surface area contributed by atoms with Gasteiger partial charge in [-0.3, -0.25) is 34.2 Å². The standard InChI is InChI=1S/C37H46N4O7/c1-22(2)18-29(33(43)40-30(32(42)38-6)19-23-12-9-8-10-13-23)39-28(36(46)48-37(3,4)5)16-17-41-34(44)26-20-24-14-11-15-31(47-7)25(24)21-27(26)35(41)45/h8-15,20-22,28-30,39H,16-19H2,1-7H3,(H,38,42)(H,40,43)/t28?,29-,30-/m0/s1. The molecule has 4 rings (SSSR count). The van der Waals surface area contributed by atoms with Gasteiger partial charge < -0.3 is 20.1 Å². The second kappa shape index (κ2) is 15.4. The molecule has 1 unspecified atom stereocenters. The van der Waals surface area contributed by atoms with Crippen LogP contribution in [0.3, 0.4) is 0 Å². The zero-order chi connectivity index (χ0) is 35.2. The molecule has 0 saturated carbocycles. The molecule has 4 amide bonds. The molecular weight excluding hydrogens is 612 g/mol. The summed E-state index contributed by atoms with van der Waals surface area (Å²) in [5, 5.41) is 10.1. The normalized spacial score (nSPS) is 14.8. The quantitative estimate of drug-likeness (QED) is 0.174. The Labute approximate surface area is 281 Å². The van der Waals surface area contributed by atoms with Gasteiger partial charge in [-0.25, -0.2) is 0 Å². The summed E-state index contributed by atoms with van der Waals surface area (Å²) in [6.45, 7) is 9.01. The number of hydrogen-bond donors (Lipinski definition) is 3. The molecule has 1 heterocycles. The first-order valence-electron chi connectivity index (χ1n) is 16.2. The van der Waals surface area contributed by atoms with Crippen LogP contribution in [-0.2, 0) is 25.5 Å². The summed E-state index contributed by atoms with van der Waals surface area (Å²) in [5.41, 5.74) is 0.577. The Morgan fingerprint density at radius 2 is 1.52 bits per heavy atom. The van der Waals surface area contributed by atoms with Crippen molar-refractivity contribution >= 4 is 40.4 Å². The predicted octanol–water partition coefficient (Wildman–Crippen LogP) is 4.02. The largest absolute Gasteiger partial charge is 0.496 e. The molecule has 0 fully saturated rings. The topological polar surface area (TPSA) is 143 Å². The van der Waals surface area contributed by atoms with Crippen LogP contribution in [0.4, 0.5) is 0 Å². The van der Waals surface area contributed by atoms with E-state index in [9.17, 15) is 24.0 Å². The zero-order valence-corrected chi connectivity index (χ0v) is 28.7. The van der Waals surface area contributed by atoms with Gasteiger partial charge in [0.05, 0.1) is 24.3 Å². The monoisotopic (exact) mass is 658 g/mol. The highest BCUT2D eigenvalue weighted by Gasteiger charge is 2.38. The second-order valence-electron chi connectivity index (χ2n) is 13.4. The molecule has 3 atom stereocenters. The molecule has 256 valence electrons. The van der Waals surface area contributed by atoms with Crippen molar-refractivity contribution in [2.75, 3.05) is 20.7 Å². The fourth-order valence-corrected chi connectivity index (χ4v) is 5.79. The number of carbonyl (C=O) groups is 5. The van der Waals surface area contributed by atoms with Crippen LogP contribution in [0.5, 0.6) is 5.75 Å². The Morgan fingerprint density at radius 3 is 2.12 bits per heavy atom. The van der Waals surface area contributed by atoms with E-state index in [1.807, 2.05) is 56.3 Å². The number of nitrogens with zero attached hydrogens (tertiary/aromatic N) is 1. The lowest BCUT2D eigenvalue weighted by atomic mass is 9.99. The number of imide groups is 1. The fourth-order valence-electron chi connectivity index (χ4n) is 5.79. The number of esters is 1. The highest BCUT2D eigenvalue weighted by atomic mass is 16.6. The summed E-state index contributed by atoms with van der Waals surface area (Å²) in [6.07, 6.45) is 0.614. The van der Waals surface area contributed by atoms with Gasteiger partial charge in [0, 0.05) is 25.4 Å². The van der Waals surface area contributed by atoms with Gasteiger partial charge in [0.15, 0.2) is 0 Å². The van der Waals surface area contributed by atoms with Crippen LogP contribution in [0.1, 0.15) is 73.7 Å². The number of likely N-dealkylation sites (N-methyl/N-ethyl adjacent to an activating group) is 1. The Morgan fingerprint density at radius 1 is 0.854 bits per heavy atom. The van der Waals surface area contributed by atoms with E-state index in [0.29, 0.717) is 17.6 Å². The molecule has 3 aromatic carbocycles. The first-order chi connectivity index (χ1) is 22.7. The number of nitrogens with one attached hydrogen (secondary N) is 3. The summed E-state index contributed by atoms with van der Waals surface area (Å²) < 4.78 is 11.2. The molecule has 1 aliphatic rings. The van der Waals surface area contributed by atoms with E-state index in [0.717, 1.165) is 15.8 Å². The summed E-state index contributed by atoms with van der Waals surface area (Å²) in [7, 11) is 3.05. The van der Waals surface area contributed by atoms with Crippen LogP contribution in [0, 0.1) is 5.92 Å². The molecule has 11 nitrogen and oxygen atoms in total. The Bertz CT molecular complexity index is 1670. The molecule has 0 bridgehead atoms. The van der Waals surface area contributed by atoms with Crippen LogP contribution < -0.4 is 20.7 Å². The average molecular weight is 659 g/mol. The average Bonchev–Trinajstić information content (AvgIpc) is 3.27. The van der Waals surface area contributed by atoms with E-state index in [1.54, 1.807) is 46.1 Å².